The SMILES string of the molecule is Cc1ccc(-c2c(-c3ccccc3)ncn2C(C)Cc2ccncc2)o1. The molecule has 1 unspecified atom stereocenters. The van der Waals surface area contributed by atoms with E-state index in [1.165, 1.54) is 5.56 Å². The van der Waals surface area contributed by atoms with Gasteiger partial charge in [0.25, 0.3) is 0 Å². The van der Waals surface area contributed by atoms with Crippen LogP contribution in [0.15, 0.2) is 77.7 Å². The summed E-state index contributed by atoms with van der Waals surface area (Å²) in [7, 11) is 0. The van der Waals surface area contributed by atoms with E-state index in [0.717, 1.165) is 34.9 Å². The monoisotopic (exact) mass is 343 g/mol. The summed E-state index contributed by atoms with van der Waals surface area (Å²) < 4.78 is 8.17. The highest BCUT2D eigenvalue weighted by Gasteiger charge is 2.20. The molecule has 0 amide bonds. The molecule has 26 heavy (non-hydrogen) atoms. The molecule has 0 N–H and O–H groups in total. The fourth-order valence-corrected chi connectivity index (χ4v) is 3.27. The highest BCUT2D eigenvalue weighted by atomic mass is 16.3. The summed E-state index contributed by atoms with van der Waals surface area (Å²) in [4.78, 5) is 8.83. The first-order valence-electron chi connectivity index (χ1n) is 8.80. The Hall–Kier alpha value is -3.14. The van der Waals surface area contributed by atoms with Gasteiger partial charge in [0, 0.05) is 24.0 Å². The van der Waals surface area contributed by atoms with E-state index in [2.05, 4.69) is 40.7 Å². The van der Waals surface area contributed by atoms with Crippen molar-refractivity contribution in [1.29, 1.82) is 0 Å². The predicted molar refractivity (Wildman–Crippen MR) is 103 cm³/mol. The molecule has 4 rings (SSSR count). The van der Waals surface area contributed by atoms with Crippen LogP contribution >= 0.6 is 0 Å². The normalized spacial score (nSPS) is 12.2. The van der Waals surface area contributed by atoms with Gasteiger partial charge in [-0.05, 0) is 50.1 Å². The average Bonchev–Trinajstić information content (AvgIpc) is 3.29. The van der Waals surface area contributed by atoms with Crippen LogP contribution in [0.5, 0.6) is 0 Å². The quantitative estimate of drug-likeness (QED) is 0.493. The van der Waals surface area contributed by atoms with E-state index >= 15 is 0 Å². The molecule has 3 heterocycles. The van der Waals surface area contributed by atoms with Crippen molar-refractivity contribution in [3.05, 3.63) is 84.6 Å². The van der Waals surface area contributed by atoms with Gasteiger partial charge in [0.2, 0.25) is 0 Å². The number of rotatable bonds is 5. The summed E-state index contributed by atoms with van der Waals surface area (Å²) >= 11 is 0. The van der Waals surface area contributed by atoms with E-state index < -0.39 is 0 Å². The Bertz CT molecular complexity index is 987. The van der Waals surface area contributed by atoms with Crippen molar-refractivity contribution in [2.45, 2.75) is 26.3 Å². The lowest BCUT2D eigenvalue weighted by atomic mass is 10.1. The van der Waals surface area contributed by atoms with Crippen molar-refractivity contribution >= 4 is 0 Å². The van der Waals surface area contributed by atoms with Crippen molar-refractivity contribution < 1.29 is 4.42 Å². The zero-order chi connectivity index (χ0) is 17.9. The highest BCUT2D eigenvalue weighted by Crippen LogP contribution is 2.34. The van der Waals surface area contributed by atoms with Gasteiger partial charge in [-0.25, -0.2) is 4.98 Å². The molecular weight excluding hydrogens is 322 g/mol. The molecule has 0 saturated carbocycles. The summed E-state index contributed by atoms with van der Waals surface area (Å²) in [5, 5.41) is 0. The highest BCUT2D eigenvalue weighted by molar-refractivity contribution is 5.76. The van der Waals surface area contributed by atoms with Crippen molar-refractivity contribution in [3.8, 4) is 22.7 Å². The summed E-state index contributed by atoms with van der Waals surface area (Å²) in [5.74, 6) is 1.74. The maximum absolute atomic E-state index is 5.96. The second-order valence-corrected chi connectivity index (χ2v) is 6.53. The topological polar surface area (TPSA) is 43.9 Å². The molecule has 4 heteroatoms. The Balaban J connectivity index is 1.78. The van der Waals surface area contributed by atoms with E-state index in [1.807, 2.05) is 56.0 Å². The molecule has 4 aromatic rings. The molecule has 130 valence electrons. The second-order valence-electron chi connectivity index (χ2n) is 6.53. The van der Waals surface area contributed by atoms with Gasteiger partial charge >= 0.3 is 0 Å². The van der Waals surface area contributed by atoms with Gasteiger partial charge in [-0.3, -0.25) is 4.98 Å². The fraction of sp³-hybridized carbons (Fsp3) is 0.182. The molecular formula is C22H21N3O. The summed E-state index contributed by atoms with van der Waals surface area (Å²) in [5.41, 5.74) is 4.31. The van der Waals surface area contributed by atoms with E-state index in [1.54, 1.807) is 0 Å². The van der Waals surface area contributed by atoms with E-state index in [-0.39, 0.29) is 6.04 Å². The Morgan fingerprint density at radius 2 is 1.77 bits per heavy atom. The van der Waals surface area contributed by atoms with Crippen LogP contribution in [0.25, 0.3) is 22.7 Å². The van der Waals surface area contributed by atoms with Crippen LogP contribution in [0.4, 0.5) is 0 Å². The van der Waals surface area contributed by atoms with Crippen LogP contribution in [0, 0.1) is 6.92 Å². The number of furan rings is 1. The smallest absolute Gasteiger partial charge is 0.152 e. The van der Waals surface area contributed by atoms with Gasteiger partial charge in [0.1, 0.15) is 11.5 Å². The van der Waals surface area contributed by atoms with Crippen LogP contribution in [0.3, 0.4) is 0 Å². The third-order valence-electron chi connectivity index (χ3n) is 4.57. The van der Waals surface area contributed by atoms with Gasteiger partial charge in [-0.15, -0.1) is 0 Å². The average molecular weight is 343 g/mol. The van der Waals surface area contributed by atoms with E-state index in [9.17, 15) is 0 Å². The number of aryl methyl sites for hydroxylation is 1. The van der Waals surface area contributed by atoms with Crippen molar-refractivity contribution in [3.63, 3.8) is 0 Å². The number of aromatic nitrogens is 3. The lowest BCUT2D eigenvalue weighted by Gasteiger charge is -2.16. The van der Waals surface area contributed by atoms with Crippen LogP contribution in [0.1, 0.15) is 24.3 Å². The lowest BCUT2D eigenvalue weighted by molar-refractivity contribution is 0.516. The standard InChI is InChI=1S/C22H21N3O/c1-16(14-18-10-12-23-13-11-18)25-15-24-21(19-6-4-3-5-7-19)22(25)20-9-8-17(2)26-20/h3-13,15-16H,14H2,1-2H3. The molecule has 0 saturated heterocycles. The van der Waals surface area contributed by atoms with Crippen LogP contribution in [-0.4, -0.2) is 14.5 Å². The van der Waals surface area contributed by atoms with Gasteiger partial charge < -0.3 is 8.98 Å². The minimum Gasteiger partial charge on any atom is -0.460 e. The maximum Gasteiger partial charge on any atom is 0.152 e. The fourth-order valence-electron chi connectivity index (χ4n) is 3.27. The van der Waals surface area contributed by atoms with Crippen LogP contribution in [-0.2, 0) is 6.42 Å². The number of imidazole rings is 1. The zero-order valence-corrected chi connectivity index (χ0v) is 15.0. The molecule has 0 aliphatic carbocycles. The first kappa shape index (κ1) is 16.3. The number of pyridine rings is 1. The first-order chi connectivity index (χ1) is 12.7. The predicted octanol–water partition coefficient (Wildman–Crippen LogP) is 5.32. The molecule has 0 fully saturated rings. The molecule has 1 aromatic carbocycles. The molecule has 0 aliphatic rings. The second kappa shape index (κ2) is 7.00. The number of benzene rings is 1. The molecule has 0 radical (unpaired) electrons. The van der Waals surface area contributed by atoms with Gasteiger partial charge in [-0.2, -0.15) is 0 Å². The third-order valence-corrected chi connectivity index (χ3v) is 4.57. The molecule has 0 aliphatic heterocycles. The van der Waals surface area contributed by atoms with Crippen LogP contribution < -0.4 is 0 Å². The summed E-state index contributed by atoms with van der Waals surface area (Å²) in [6, 6.07) is 18.6. The largest absolute Gasteiger partial charge is 0.460 e. The Labute approximate surface area is 153 Å². The van der Waals surface area contributed by atoms with Crippen molar-refractivity contribution in [1.82, 2.24) is 14.5 Å². The zero-order valence-electron chi connectivity index (χ0n) is 15.0. The molecule has 0 bridgehead atoms. The Morgan fingerprint density at radius 3 is 2.46 bits per heavy atom. The molecule has 0 spiro atoms. The third kappa shape index (κ3) is 3.18. The Kier molecular flexibility index (Phi) is 4.40. The van der Waals surface area contributed by atoms with Crippen LogP contribution in [0.2, 0.25) is 0 Å². The first-order valence-corrected chi connectivity index (χ1v) is 8.80. The summed E-state index contributed by atoms with van der Waals surface area (Å²) in [6.45, 7) is 4.17. The molecule has 4 nitrogen and oxygen atoms in total. The van der Waals surface area contributed by atoms with Crippen molar-refractivity contribution in [2.75, 3.05) is 0 Å². The van der Waals surface area contributed by atoms with Crippen molar-refractivity contribution in [2.24, 2.45) is 0 Å². The number of hydrogen-bond donors (Lipinski definition) is 0. The van der Waals surface area contributed by atoms with E-state index in [4.69, 9.17) is 9.40 Å². The minimum absolute atomic E-state index is 0.239. The summed E-state index contributed by atoms with van der Waals surface area (Å²) in [6.07, 6.45) is 6.49. The number of hydrogen-bond acceptors (Lipinski definition) is 3. The molecule has 1 atom stereocenters. The maximum atomic E-state index is 5.96. The Morgan fingerprint density at radius 1 is 1.00 bits per heavy atom. The lowest BCUT2D eigenvalue weighted by Crippen LogP contribution is -2.09. The van der Waals surface area contributed by atoms with Gasteiger partial charge in [-0.1, -0.05) is 30.3 Å². The van der Waals surface area contributed by atoms with Gasteiger partial charge in [0.15, 0.2) is 5.76 Å². The number of nitrogens with zero attached hydrogens (tertiary/aromatic N) is 3. The van der Waals surface area contributed by atoms with Gasteiger partial charge in [0.05, 0.1) is 12.0 Å². The molecule has 3 aromatic heterocycles. The minimum atomic E-state index is 0.239. The van der Waals surface area contributed by atoms with E-state index in [0.29, 0.717) is 0 Å².